The predicted molar refractivity (Wildman–Crippen MR) is 117 cm³/mol. The lowest BCUT2D eigenvalue weighted by molar-refractivity contribution is 0.898. The van der Waals surface area contributed by atoms with Crippen LogP contribution in [-0.2, 0) is 0 Å². The largest absolute Gasteiger partial charge is 0.0958 e. The maximum Gasteiger partial charge on any atom is -0.00983 e. The molecule has 25 heavy (non-hydrogen) atoms. The lowest BCUT2D eigenvalue weighted by Crippen LogP contribution is -1.83. The molecule has 0 amide bonds. The zero-order chi connectivity index (χ0) is 19.2. The van der Waals surface area contributed by atoms with Crippen molar-refractivity contribution in [2.45, 2.75) is 86.5 Å². The fourth-order valence-electron chi connectivity index (χ4n) is 2.46. The van der Waals surface area contributed by atoms with Gasteiger partial charge in [0, 0.05) is 0 Å². The van der Waals surface area contributed by atoms with Crippen molar-refractivity contribution in [2.75, 3.05) is 0 Å². The molecule has 0 rings (SSSR count). The number of rotatable bonds is 12. The molecule has 0 aromatic rings. The summed E-state index contributed by atoms with van der Waals surface area (Å²) < 4.78 is 0. The molecule has 0 aliphatic carbocycles. The van der Waals surface area contributed by atoms with Gasteiger partial charge >= 0.3 is 0 Å². The van der Waals surface area contributed by atoms with Crippen LogP contribution in [0.5, 0.6) is 0 Å². The van der Waals surface area contributed by atoms with Crippen LogP contribution in [0.2, 0.25) is 0 Å². The molecule has 0 fully saturated rings. The van der Waals surface area contributed by atoms with Crippen LogP contribution >= 0.6 is 0 Å². The molecule has 0 saturated heterocycles. The van der Waals surface area contributed by atoms with E-state index in [2.05, 4.69) is 72.1 Å². The van der Waals surface area contributed by atoms with E-state index in [-0.39, 0.29) is 0 Å². The molecule has 0 heteroatoms. The molecule has 0 radical (unpaired) electrons. The second-order valence-electron chi connectivity index (χ2n) is 7.64. The first-order valence-corrected chi connectivity index (χ1v) is 9.66. The molecule has 0 unspecified atom stereocenters. The van der Waals surface area contributed by atoms with Crippen molar-refractivity contribution in [1.82, 2.24) is 0 Å². The summed E-state index contributed by atoms with van der Waals surface area (Å²) >= 11 is 0. The summed E-state index contributed by atoms with van der Waals surface area (Å²) in [6.07, 6.45) is 17.3. The van der Waals surface area contributed by atoms with E-state index in [1.54, 1.807) is 0 Å². The van der Waals surface area contributed by atoms with Gasteiger partial charge in [-0.25, -0.2) is 0 Å². The van der Waals surface area contributed by atoms with E-state index < -0.39 is 0 Å². The van der Waals surface area contributed by atoms with Crippen LogP contribution in [0.4, 0.5) is 0 Å². The first-order valence-electron chi connectivity index (χ1n) is 9.66. The summed E-state index contributed by atoms with van der Waals surface area (Å²) in [4.78, 5) is 0. The summed E-state index contributed by atoms with van der Waals surface area (Å²) in [7, 11) is 0. The summed E-state index contributed by atoms with van der Waals surface area (Å²) in [6, 6.07) is 0. The predicted octanol–water partition coefficient (Wildman–Crippen LogP) is 8.65. The number of hydrogen-bond donors (Lipinski definition) is 0. The Balaban J connectivity index is 4.09. The highest BCUT2D eigenvalue weighted by Crippen LogP contribution is 2.15. The average Bonchev–Trinajstić information content (AvgIpc) is 2.52. The normalized spacial score (nSPS) is 13.0. The summed E-state index contributed by atoms with van der Waals surface area (Å²) in [5, 5.41) is 0. The zero-order valence-corrected chi connectivity index (χ0v) is 17.7. The lowest BCUT2D eigenvalue weighted by atomic mass is 10.0. The van der Waals surface area contributed by atoms with Gasteiger partial charge in [-0.3, -0.25) is 0 Å². The molecule has 0 aliphatic rings. The van der Waals surface area contributed by atoms with Gasteiger partial charge < -0.3 is 0 Å². The first kappa shape index (κ1) is 23.4. The Morgan fingerprint density at radius 3 is 1.40 bits per heavy atom. The molecule has 0 bridgehead atoms. The first-order chi connectivity index (χ1) is 11.7. The molecule has 0 atom stereocenters. The molecular formula is C25H40. The Kier molecular flexibility index (Phi) is 12.8. The number of hydrogen-bond acceptors (Lipinski definition) is 0. The van der Waals surface area contributed by atoms with Gasteiger partial charge in [0.25, 0.3) is 0 Å². The van der Waals surface area contributed by atoms with Gasteiger partial charge in [0.1, 0.15) is 0 Å². The van der Waals surface area contributed by atoms with Crippen LogP contribution in [-0.4, -0.2) is 0 Å². The summed E-state index contributed by atoms with van der Waals surface area (Å²) in [5.41, 5.74) is 8.11. The Labute approximate surface area is 157 Å². The standard InChI is InChI=1S/C25H40/c1-20(2)12-9-13-22(5)14-10-15-23(6)16-11-17-24(7)18-19-25(8)21(3)4/h12,14,16,18H,3,8-11,13,15,17,19H2,1-2,4-7H3/b22-14+,23-16+,24-18+. The van der Waals surface area contributed by atoms with Gasteiger partial charge in [-0.05, 0) is 92.1 Å². The van der Waals surface area contributed by atoms with E-state index in [1.165, 1.54) is 41.6 Å². The van der Waals surface area contributed by atoms with Crippen LogP contribution in [0.15, 0.2) is 70.9 Å². The third-order valence-electron chi connectivity index (χ3n) is 4.45. The molecular weight excluding hydrogens is 300 g/mol. The highest BCUT2D eigenvalue weighted by atomic mass is 14.0. The molecule has 0 aromatic heterocycles. The third-order valence-corrected chi connectivity index (χ3v) is 4.45. The topological polar surface area (TPSA) is 0 Å². The van der Waals surface area contributed by atoms with E-state index >= 15 is 0 Å². The Bertz CT molecular complexity index is 543. The molecule has 0 N–H and O–H groups in total. The van der Waals surface area contributed by atoms with Crippen molar-refractivity contribution in [3.63, 3.8) is 0 Å². The maximum atomic E-state index is 4.04. The van der Waals surface area contributed by atoms with Crippen molar-refractivity contribution < 1.29 is 0 Å². The number of allylic oxidation sites excluding steroid dienone is 10. The molecule has 0 spiro atoms. The van der Waals surface area contributed by atoms with Gasteiger partial charge in [0.15, 0.2) is 0 Å². The van der Waals surface area contributed by atoms with Crippen LogP contribution in [0.3, 0.4) is 0 Å². The SMILES string of the molecule is C=C(C)C(=C)C/C=C(\C)CC/C=C(\C)CC/C=C(\C)CCC=C(C)C. The van der Waals surface area contributed by atoms with Gasteiger partial charge in [-0.2, -0.15) is 0 Å². The van der Waals surface area contributed by atoms with E-state index in [4.69, 9.17) is 0 Å². The minimum absolute atomic E-state index is 0.931. The Morgan fingerprint density at radius 1 is 0.600 bits per heavy atom. The van der Waals surface area contributed by atoms with Gasteiger partial charge in [0.2, 0.25) is 0 Å². The van der Waals surface area contributed by atoms with E-state index in [0.29, 0.717) is 0 Å². The van der Waals surface area contributed by atoms with Crippen molar-refractivity contribution in [1.29, 1.82) is 0 Å². The molecule has 0 saturated carbocycles. The van der Waals surface area contributed by atoms with E-state index in [9.17, 15) is 0 Å². The fourth-order valence-corrected chi connectivity index (χ4v) is 2.46. The van der Waals surface area contributed by atoms with Crippen molar-refractivity contribution in [2.24, 2.45) is 0 Å². The molecule has 0 aliphatic heterocycles. The second kappa shape index (κ2) is 13.7. The van der Waals surface area contributed by atoms with Crippen LogP contribution < -0.4 is 0 Å². The lowest BCUT2D eigenvalue weighted by Gasteiger charge is -2.04. The smallest absolute Gasteiger partial charge is 0.00983 e. The molecule has 140 valence electrons. The minimum Gasteiger partial charge on any atom is -0.0958 e. The van der Waals surface area contributed by atoms with Crippen molar-refractivity contribution in [3.8, 4) is 0 Å². The quantitative estimate of drug-likeness (QED) is 0.246. The van der Waals surface area contributed by atoms with Gasteiger partial charge in [0.05, 0.1) is 0 Å². The summed E-state index contributed by atoms with van der Waals surface area (Å²) in [6.45, 7) is 21.1. The van der Waals surface area contributed by atoms with Crippen molar-refractivity contribution >= 4 is 0 Å². The minimum atomic E-state index is 0.931. The monoisotopic (exact) mass is 340 g/mol. The highest BCUT2D eigenvalue weighted by Gasteiger charge is 1.95. The zero-order valence-electron chi connectivity index (χ0n) is 17.7. The Hall–Kier alpha value is -1.56. The fraction of sp³-hybridized carbons (Fsp3) is 0.520. The highest BCUT2D eigenvalue weighted by molar-refractivity contribution is 5.25. The van der Waals surface area contributed by atoms with E-state index in [1.807, 2.05) is 6.92 Å². The molecule has 0 aromatic carbocycles. The molecule has 0 heterocycles. The van der Waals surface area contributed by atoms with Crippen LogP contribution in [0.25, 0.3) is 0 Å². The van der Waals surface area contributed by atoms with Crippen molar-refractivity contribution in [3.05, 3.63) is 70.9 Å². The van der Waals surface area contributed by atoms with E-state index in [0.717, 1.165) is 36.8 Å². The van der Waals surface area contributed by atoms with Crippen LogP contribution in [0.1, 0.15) is 86.5 Å². The molecule has 0 nitrogen and oxygen atoms in total. The maximum absolute atomic E-state index is 4.04. The third kappa shape index (κ3) is 14.5. The second-order valence-corrected chi connectivity index (χ2v) is 7.64. The Morgan fingerprint density at radius 2 is 1.00 bits per heavy atom. The average molecular weight is 341 g/mol. The van der Waals surface area contributed by atoms with Gasteiger partial charge in [-0.15, -0.1) is 0 Å². The van der Waals surface area contributed by atoms with Gasteiger partial charge in [-0.1, -0.05) is 65.3 Å². The van der Waals surface area contributed by atoms with Crippen LogP contribution in [0, 0.1) is 0 Å². The summed E-state index contributed by atoms with van der Waals surface area (Å²) in [5.74, 6) is 0.